The summed E-state index contributed by atoms with van der Waals surface area (Å²) in [5.74, 6) is -0.416. The van der Waals surface area contributed by atoms with Gasteiger partial charge in [0.15, 0.2) is 0 Å². The van der Waals surface area contributed by atoms with Crippen LogP contribution in [0, 0.1) is 20.8 Å². The van der Waals surface area contributed by atoms with Crippen molar-refractivity contribution in [1.29, 1.82) is 0 Å². The fourth-order valence-corrected chi connectivity index (χ4v) is 4.48. The van der Waals surface area contributed by atoms with E-state index < -0.39 is 0 Å². The molecule has 0 spiro atoms. The number of aryl methyl sites for hydroxylation is 3. The third kappa shape index (κ3) is 4.47. The van der Waals surface area contributed by atoms with Crippen molar-refractivity contribution in [3.63, 3.8) is 0 Å². The standard InChI is InChI=1S/C23H27N5O3S/c1-7-28(8-2)22(30)16-10-9-11-17(12-16)25-20(29)19-15(5)24-21(32-19)18-13(3)14(4)26-27(6)23(18)31/h9-12H,7-8H2,1-6H3,(H,25,29). The van der Waals surface area contributed by atoms with Gasteiger partial charge in [0, 0.05) is 31.4 Å². The molecule has 0 saturated heterocycles. The number of nitrogens with one attached hydrogen (secondary N) is 1. The molecule has 0 fully saturated rings. The van der Waals surface area contributed by atoms with Crippen LogP contribution in [0.5, 0.6) is 0 Å². The zero-order valence-electron chi connectivity index (χ0n) is 19.1. The number of nitrogens with zero attached hydrogens (tertiary/aromatic N) is 4. The van der Waals surface area contributed by atoms with Gasteiger partial charge in [-0.2, -0.15) is 5.10 Å². The molecule has 1 aromatic carbocycles. The Morgan fingerprint density at radius 2 is 1.81 bits per heavy atom. The van der Waals surface area contributed by atoms with Crippen molar-refractivity contribution < 1.29 is 9.59 Å². The quantitative estimate of drug-likeness (QED) is 0.615. The summed E-state index contributed by atoms with van der Waals surface area (Å²) in [6, 6.07) is 6.88. The SMILES string of the molecule is CCN(CC)C(=O)c1cccc(NC(=O)c2sc(-c3c(C)c(C)nn(C)c3=O)nc2C)c1. The van der Waals surface area contributed by atoms with Gasteiger partial charge in [-0.3, -0.25) is 14.4 Å². The van der Waals surface area contributed by atoms with Gasteiger partial charge in [0.25, 0.3) is 17.4 Å². The van der Waals surface area contributed by atoms with Crippen LogP contribution in [-0.4, -0.2) is 44.6 Å². The summed E-state index contributed by atoms with van der Waals surface area (Å²) in [6.07, 6.45) is 0. The van der Waals surface area contributed by atoms with Gasteiger partial charge in [-0.05, 0) is 58.4 Å². The van der Waals surface area contributed by atoms with Crippen molar-refractivity contribution in [1.82, 2.24) is 19.7 Å². The van der Waals surface area contributed by atoms with E-state index in [1.807, 2.05) is 27.7 Å². The Bertz CT molecular complexity index is 1240. The summed E-state index contributed by atoms with van der Waals surface area (Å²) in [6.45, 7) is 10.5. The molecule has 9 heteroatoms. The number of rotatable bonds is 6. The predicted octanol–water partition coefficient (Wildman–Crippen LogP) is 3.56. The van der Waals surface area contributed by atoms with E-state index in [1.54, 1.807) is 43.1 Å². The molecule has 0 unspecified atom stereocenters. The maximum atomic E-state index is 13.0. The topological polar surface area (TPSA) is 97.2 Å². The largest absolute Gasteiger partial charge is 0.339 e. The number of benzene rings is 1. The minimum atomic E-state index is -0.334. The van der Waals surface area contributed by atoms with E-state index in [1.165, 1.54) is 16.0 Å². The summed E-state index contributed by atoms with van der Waals surface area (Å²) < 4.78 is 1.28. The molecule has 3 rings (SSSR count). The highest BCUT2D eigenvalue weighted by Gasteiger charge is 2.21. The summed E-state index contributed by atoms with van der Waals surface area (Å²) in [4.78, 5) is 44.9. The molecule has 0 bridgehead atoms. The Balaban J connectivity index is 1.90. The monoisotopic (exact) mass is 453 g/mol. The fourth-order valence-electron chi connectivity index (χ4n) is 3.43. The first-order valence-corrected chi connectivity index (χ1v) is 11.2. The normalized spacial score (nSPS) is 10.8. The molecule has 0 aliphatic heterocycles. The third-order valence-electron chi connectivity index (χ3n) is 5.36. The average molecular weight is 454 g/mol. The minimum absolute atomic E-state index is 0.0817. The Morgan fingerprint density at radius 3 is 2.47 bits per heavy atom. The molecule has 8 nitrogen and oxygen atoms in total. The Labute approximate surface area is 190 Å². The summed E-state index contributed by atoms with van der Waals surface area (Å²) in [5, 5.41) is 7.54. The second kappa shape index (κ2) is 9.44. The first kappa shape index (κ1) is 23.3. The van der Waals surface area contributed by atoms with E-state index in [0.717, 1.165) is 11.3 Å². The van der Waals surface area contributed by atoms with Crippen molar-refractivity contribution in [2.75, 3.05) is 18.4 Å². The Hall–Kier alpha value is -3.33. The predicted molar refractivity (Wildman–Crippen MR) is 126 cm³/mol. The van der Waals surface area contributed by atoms with Gasteiger partial charge in [0.1, 0.15) is 9.88 Å². The van der Waals surface area contributed by atoms with Crippen LogP contribution in [0.25, 0.3) is 10.6 Å². The second-order valence-electron chi connectivity index (χ2n) is 7.46. The van der Waals surface area contributed by atoms with E-state index in [0.29, 0.717) is 45.5 Å². The molecule has 0 atom stereocenters. The van der Waals surface area contributed by atoms with Crippen molar-refractivity contribution in [2.24, 2.45) is 7.05 Å². The number of anilines is 1. The van der Waals surface area contributed by atoms with Crippen LogP contribution < -0.4 is 10.9 Å². The molecule has 2 amide bonds. The molecule has 0 aliphatic rings. The van der Waals surface area contributed by atoms with Crippen LogP contribution in [0.2, 0.25) is 0 Å². The van der Waals surface area contributed by atoms with E-state index in [4.69, 9.17) is 0 Å². The highest BCUT2D eigenvalue weighted by Crippen LogP contribution is 2.29. The lowest BCUT2D eigenvalue weighted by Crippen LogP contribution is -2.30. The maximum Gasteiger partial charge on any atom is 0.277 e. The first-order valence-electron chi connectivity index (χ1n) is 10.4. The molecule has 3 aromatic rings. The van der Waals surface area contributed by atoms with Crippen molar-refractivity contribution in [3.8, 4) is 10.6 Å². The van der Waals surface area contributed by atoms with Gasteiger partial charge in [-0.1, -0.05) is 6.07 Å². The van der Waals surface area contributed by atoms with Gasteiger partial charge in [-0.25, -0.2) is 9.67 Å². The number of hydrogen-bond donors (Lipinski definition) is 1. The minimum Gasteiger partial charge on any atom is -0.339 e. The van der Waals surface area contributed by atoms with Crippen molar-refractivity contribution >= 4 is 28.8 Å². The van der Waals surface area contributed by atoms with E-state index in [2.05, 4.69) is 15.4 Å². The molecule has 0 saturated carbocycles. The smallest absolute Gasteiger partial charge is 0.277 e. The second-order valence-corrected chi connectivity index (χ2v) is 8.46. The summed E-state index contributed by atoms with van der Waals surface area (Å²) in [7, 11) is 1.60. The van der Waals surface area contributed by atoms with E-state index in [9.17, 15) is 14.4 Å². The zero-order chi connectivity index (χ0) is 23.6. The van der Waals surface area contributed by atoms with Crippen molar-refractivity contribution in [3.05, 3.63) is 62.0 Å². The van der Waals surface area contributed by atoms with Crippen LogP contribution >= 0.6 is 11.3 Å². The van der Waals surface area contributed by atoms with Gasteiger partial charge in [0.2, 0.25) is 0 Å². The molecule has 2 heterocycles. The molecule has 168 valence electrons. The van der Waals surface area contributed by atoms with Gasteiger partial charge in [0.05, 0.1) is 17.0 Å². The summed E-state index contributed by atoms with van der Waals surface area (Å²) >= 11 is 1.17. The van der Waals surface area contributed by atoms with Crippen LogP contribution in [0.15, 0.2) is 29.1 Å². The third-order valence-corrected chi connectivity index (χ3v) is 6.53. The Morgan fingerprint density at radius 1 is 1.12 bits per heavy atom. The number of carbonyl (C=O) groups is 2. The molecule has 2 aromatic heterocycles. The molecule has 0 radical (unpaired) electrons. The molecular weight excluding hydrogens is 426 g/mol. The lowest BCUT2D eigenvalue weighted by atomic mass is 10.1. The maximum absolute atomic E-state index is 13.0. The first-order chi connectivity index (χ1) is 15.2. The highest BCUT2D eigenvalue weighted by atomic mass is 32.1. The van der Waals surface area contributed by atoms with Crippen LogP contribution in [0.1, 0.15) is 50.8 Å². The van der Waals surface area contributed by atoms with Crippen molar-refractivity contribution in [2.45, 2.75) is 34.6 Å². The lowest BCUT2D eigenvalue weighted by Gasteiger charge is -2.19. The van der Waals surface area contributed by atoms with E-state index in [-0.39, 0.29) is 17.4 Å². The lowest BCUT2D eigenvalue weighted by molar-refractivity contribution is 0.0772. The molecule has 0 aliphatic carbocycles. The number of thiazole rings is 1. The fraction of sp³-hybridized carbons (Fsp3) is 0.348. The van der Waals surface area contributed by atoms with Crippen LogP contribution in [-0.2, 0) is 7.05 Å². The Kier molecular flexibility index (Phi) is 6.88. The van der Waals surface area contributed by atoms with Crippen LogP contribution in [0.3, 0.4) is 0 Å². The number of amides is 2. The molecular formula is C23H27N5O3S. The van der Waals surface area contributed by atoms with Crippen LogP contribution in [0.4, 0.5) is 5.69 Å². The highest BCUT2D eigenvalue weighted by molar-refractivity contribution is 7.17. The zero-order valence-corrected chi connectivity index (χ0v) is 20.0. The number of aromatic nitrogens is 3. The number of carbonyl (C=O) groups excluding carboxylic acids is 2. The van der Waals surface area contributed by atoms with E-state index >= 15 is 0 Å². The molecule has 32 heavy (non-hydrogen) atoms. The van der Waals surface area contributed by atoms with Gasteiger partial charge >= 0.3 is 0 Å². The average Bonchev–Trinajstić information content (AvgIpc) is 3.14. The molecule has 1 N–H and O–H groups in total. The van der Waals surface area contributed by atoms with Gasteiger partial charge in [-0.15, -0.1) is 11.3 Å². The summed E-state index contributed by atoms with van der Waals surface area (Å²) in [5.41, 5.74) is 3.25. The number of hydrogen-bond acceptors (Lipinski definition) is 6. The van der Waals surface area contributed by atoms with Gasteiger partial charge < -0.3 is 10.2 Å².